The van der Waals surface area contributed by atoms with Gasteiger partial charge in [0, 0.05) is 11.5 Å². The molecule has 14 heavy (non-hydrogen) atoms. The maximum Gasteiger partial charge on any atom is 0.135 e. The summed E-state index contributed by atoms with van der Waals surface area (Å²) in [5.41, 5.74) is 0. The van der Waals surface area contributed by atoms with E-state index in [1.165, 1.54) is 0 Å². The maximum absolute atomic E-state index is 12.4. The van der Waals surface area contributed by atoms with Gasteiger partial charge in [0.25, 0.3) is 0 Å². The quantitative estimate of drug-likeness (QED) is 0.675. The van der Waals surface area contributed by atoms with E-state index in [0.717, 1.165) is 24.3 Å². The van der Waals surface area contributed by atoms with Crippen LogP contribution in [-0.2, 0) is 4.57 Å². The average Bonchev–Trinajstić information content (AvgIpc) is 2.27. The van der Waals surface area contributed by atoms with Gasteiger partial charge in [0.15, 0.2) is 0 Å². The number of hydrogen-bond donors (Lipinski definition) is 0. The molecule has 0 spiro atoms. The van der Waals surface area contributed by atoms with E-state index in [0.29, 0.717) is 0 Å². The van der Waals surface area contributed by atoms with Crippen molar-refractivity contribution in [1.82, 2.24) is 0 Å². The molecule has 1 atom stereocenters. The van der Waals surface area contributed by atoms with Crippen molar-refractivity contribution in [2.75, 3.05) is 6.16 Å². The first kappa shape index (κ1) is 11.3. The van der Waals surface area contributed by atoms with Crippen LogP contribution in [0.4, 0.5) is 0 Å². The smallest absolute Gasteiger partial charge is 0.135 e. The molecule has 0 aliphatic heterocycles. The molecule has 0 aromatic heterocycles. The van der Waals surface area contributed by atoms with Crippen molar-refractivity contribution in [3.63, 3.8) is 0 Å². The van der Waals surface area contributed by atoms with Crippen molar-refractivity contribution in [3.05, 3.63) is 42.7 Å². The molecule has 1 rings (SSSR count). The molecule has 0 aliphatic rings. The van der Waals surface area contributed by atoms with E-state index in [1.807, 2.05) is 30.3 Å². The monoisotopic (exact) mass is 208 g/mol. The first-order valence-corrected chi connectivity index (χ1v) is 6.97. The molecule has 1 aromatic carbocycles. The fourth-order valence-electron chi connectivity index (χ4n) is 1.40. The second kappa shape index (κ2) is 5.17. The molecule has 0 aliphatic carbocycles. The van der Waals surface area contributed by atoms with Gasteiger partial charge >= 0.3 is 0 Å². The maximum atomic E-state index is 12.4. The number of hydrogen-bond acceptors (Lipinski definition) is 1. The Morgan fingerprint density at radius 1 is 1.36 bits per heavy atom. The van der Waals surface area contributed by atoms with Crippen LogP contribution in [0.2, 0.25) is 0 Å². The molecule has 0 radical (unpaired) electrons. The molecule has 0 fully saturated rings. The van der Waals surface area contributed by atoms with Gasteiger partial charge in [0.1, 0.15) is 7.14 Å². The van der Waals surface area contributed by atoms with Crippen LogP contribution in [0.5, 0.6) is 0 Å². The summed E-state index contributed by atoms with van der Waals surface area (Å²) >= 11 is 0. The summed E-state index contributed by atoms with van der Waals surface area (Å²) in [4.78, 5) is 0. The predicted molar refractivity (Wildman–Crippen MR) is 63.7 cm³/mol. The van der Waals surface area contributed by atoms with Crippen molar-refractivity contribution in [3.8, 4) is 0 Å². The zero-order chi connectivity index (χ0) is 10.4. The lowest BCUT2D eigenvalue weighted by Gasteiger charge is -2.13. The highest BCUT2D eigenvalue weighted by Crippen LogP contribution is 2.46. The Bertz CT molecular complexity index is 329. The molecule has 0 amide bonds. The minimum atomic E-state index is -2.31. The highest BCUT2D eigenvalue weighted by atomic mass is 31.2. The van der Waals surface area contributed by atoms with Crippen LogP contribution in [0.3, 0.4) is 0 Å². The molecule has 1 unspecified atom stereocenters. The van der Waals surface area contributed by atoms with E-state index >= 15 is 0 Å². The standard InChI is InChI=1S/C12H17OP/c1-3-5-11-14(13,4-2)12-9-7-6-8-10-12/h4,6-10H,2-3,5,11H2,1H3. The van der Waals surface area contributed by atoms with Crippen LogP contribution in [-0.4, -0.2) is 6.16 Å². The minimum absolute atomic E-state index is 0.747. The van der Waals surface area contributed by atoms with Crippen LogP contribution in [0.25, 0.3) is 0 Å². The predicted octanol–water partition coefficient (Wildman–Crippen LogP) is 3.62. The van der Waals surface area contributed by atoms with Crippen LogP contribution in [0.1, 0.15) is 19.8 Å². The summed E-state index contributed by atoms with van der Waals surface area (Å²) in [5.74, 6) is 1.64. The summed E-state index contributed by atoms with van der Waals surface area (Å²) in [7, 11) is -2.31. The Labute approximate surface area is 86.2 Å². The van der Waals surface area contributed by atoms with Gasteiger partial charge in [0.05, 0.1) is 0 Å². The highest BCUT2D eigenvalue weighted by Gasteiger charge is 2.18. The van der Waals surface area contributed by atoms with Crippen LogP contribution >= 0.6 is 7.14 Å². The van der Waals surface area contributed by atoms with E-state index in [2.05, 4.69) is 13.5 Å². The van der Waals surface area contributed by atoms with E-state index in [4.69, 9.17) is 0 Å². The Kier molecular flexibility index (Phi) is 4.16. The van der Waals surface area contributed by atoms with Gasteiger partial charge in [-0.2, -0.15) is 0 Å². The van der Waals surface area contributed by atoms with Crippen molar-refractivity contribution in [1.29, 1.82) is 0 Å². The molecule has 0 N–H and O–H groups in total. The number of unbranched alkanes of at least 4 members (excludes halogenated alkanes) is 1. The number of rotatable bonds is 5. The zero-order valence-corrected chi connectivity index (χ0v) is 9.54. The van der Waals surface area contributed by atoms with Gasteiger partial charge in [-0.1, -0.05) is 50.3 Å². The molecular weight excluding hydrogens is 191 g/mol. The molecule has 0 bridgehead atoms. The van der Waals surface area contributed by atoms with Gasteiger partial charge in [-0.25, -0.2) is 0 Å². The molecule has 0 heterocycles. The lowest BCUT2D eigenvalue weighted by Crippen LogP contribution is -2.04. The topological polar surface area (TPSA) is 17.1 Å². The fraction of sp³-hybridized carbons (Fsp3) is 0.333. The van der Waals surface area contributed by atoms with E-state index in [-0.39, 0.29) is 0 Å². The molecule has 76 valence electrons. The van der Waals surface area contributed by atoms with Gasteiger partial charge < -0.3 is 4.57 Å². The van der Waals surface area contributed by atoms with Crippen LogP contribution in [0.15, 0.2) is 42.7 Å². The second-order valence-corrected chi connectivity index (χ2v) is 6.31. The van der Waals surface area contributed by atoms with E-state index < -0.39 is 7.14 Å². The van der Waals surface area contributed by atoms with Crippen molar-refractivity contribution >= 4 is 12.4 Å². The third kappa shape index (κ3) is 2.59. The Hall–Kier alpha value is -0.810. The van der Waals surface area contributed by atoms with Crippen LogP contribution < -0.4 is 5.30 Å². The summed E-state index contributed by atoms with van der Waals surface area (Å²) in [6.07, 6.45) is 2.82. The highest BCUT2D eigenvalue weighted by molar-refractivity contribution is 7.74. The summed E-state index contributed by atoms with van der Waals surface area (Å²) in [6, 6.07) is 9.65. The van der Waals surface area contributed by atoms with Crippen molar-refractivity contribution < 1.29 is 4.57 Å². The minimum Gasteiger partial charge on any atom is -0.314 e. The Morgan fingerprint density at radius 2 is 2.00 bits per heavy atom. The molecule has 0 saturated heterocycles. The average molecular weight is 208 g/mol. The van der Waals surface area contributed by atoms with Gasteiger partial charge in [0.2, 0.25) is 0 Å². The largest absolute Gasteiger partial charge is 0.314 e. The lowest BCUT2D eigenvalue weighted by atomic mass is 10.4. The molecular formula is C12H17OP. The third-order valence-electron chi connectivity index (χ3n) is 2.33. The summed E-state index contributed by atoms with van der Waals surface area (Å²) in [5, 5.41) is 0.934. The normalized spacial score (nSPS) is 14.6. The molecule has 1 aromatic rings. The number of benzene rings is 1. The summed E-state index contributed by atoms with van der Waals surface area (Å²) in [6.45, 7) is 5.81. The van der Waals surface area contributed by atoms with Crippen molar-refractivity contribution in [2.45, 2.75) is 19.8 Å². The molecule has 2 heteroatoms. The Morgan fingerprint density at radius 3 is 2.50 bits per heavy atom. The third-order valence-corrected chi connectivity index (χ3v) is 5.07. The lowest BCUT2D eigenvalue weighted by molar-refractivity contribution is 0.584. The Balaban J connectivity index is 2.91. The van der Waals surface area contributed by atoms with E-state index in [1.54, 1.807) is 5.82 Å². The first-order chi connectivity index (χ1) is 6.73. The van der Waals surface area contributed by atoms with E-state index in [9.17, 15) is 4.57 Å². The second-order valence-electron chi connectivity index (χ2n) is 3.39. The zero-order valence-electron chi connectivity index (χ0n) is 8.65. The van der Waals surface area contributed by atoms with Gasteiger partial charge in [-0.05, 0) is 12.2 Å². The first-order valence-electron chi connectivity index (χ1n) is 5.01. The van der Waals surface area contributed by atoms with Gasteiger partial charge in [-0.15, -0.1) is 0 Å². The summed E-state index contributed by atoms with van der Waals surface area (Å²) < 4.78 is 12.4. The van der Waals surface area contributed by atoms with Crippen molar-refractivity contribution in [2.24, 2.45) is 0 Å². The molecule has 1 nitrogen and oxygen atoms in total. The SMILES string of the molecule is C=CP(=O)(CCCC)c1ccccc1. The fourth-order valence-corrected chi connectivity index (χ4v) is 3.51. The van der Waals surface area contributed by atoms with Gasteiger partial charge in [-0.3, -0.25) is 0 Å². The van der Waals surface area contributed by atoms with Crippen LogP contribution in [0, 0.1) is 0 Å². The molecule has 0 saturated carbocycles.